The summed E-state index contributed by atoms with van der Waals surface area (Å²) in [6.45, 7) is 1.85. The standard InChI is InChI=1S/C12H15N3O/c1-8(12(16)14-13)10-7-15(2)11-6-4-3-5-9(10)11/h3-8H,13H2,1-2H3,(H,14,16). The molecule has 2 rings (SSSR count). The van der Waals surface area contributed by atoms with Crippen LogP contribution in [-0.2, 0) is 11.8 Å². The predicted octanol–water partition coefficient (Wildman–Crippen LogP) is 1.27. The lowest BCUT2D eigenvalue weighted by Crippen LogP contribution is -2.33. The molecule has 0 bridgehead atoms. The fraction of sp³-hybridized carbons (Fsp3) is 0.250. The molecule has 1 atom stereocenters. The average molecular weight is 217 g/mol. The minimum Gasteiger partial charge on any atom is -0.350 e. The van der Waals surface area contributed by atoms with Gasteiger partial charge in [-0.3, -0.25) is 10.2 Å². The Kier molecular flexibility index (Phi) is 2.66. The number of nitrogens with two attached hydrogens (primary N) is 1. The van der Waals surface area contributed by atoms with Crippen molar-refractivity contribution in [3.8, 4) is 0 Å². The zero-order chi connectivity index (χ0) is 11.7. The van der Waals surface area contributed by atoms with E-state index in [0.717, 1.165) is 16.5 Å². The van der Waals surface area contributed by atoms with Gasteiger partial charge in [-0.15, -0.1) is 0 Å². The zero-order valence-corrected chi connectivity index (χ0v) is 9.40. The summed E-state index contributed by atoms with van der Waals surface area (Å²) in [6, 6.07) is 8.01. The van der Waals surface area contributed by atoms with E-state index >= 15 is 0 Å². The second kappa shape index (κ2) is 3.98. The van der Waals surface area contributed by atoms with Gasteiger partial charge in [-0.05, 0) is 18.6 Å². The van der Waals surface area contributed by atoms with Crippen LogP contribution in [0, 0.1) is 0 Å². The first kappa shape index (κ1) is 10.7. The van der Waals surface area contributed by atoms with Crippen molar-refractivity contribution in [1.82, 2.24) is 9.99 Å². The monoisotopic (exact) mass is 217 g/mol. The molecule has 2 aromatic rings. The Labute approximate surface area is 94.0 Å². The number of hydrogen-bond donors (Lipinski definition) is 2. The lowest BCUT2D eigenvalue weighted by molar-refractivity contribution is -0.122. The van der Waals surface area contributed by atoms with Crippen LogP contribution in [0.15, 0.2) is 30.5 Å². The highest BCUT2D eigenvalue weighted by atomic mass is 16.2. The molecule has 1 unspecified atom stereocenters. The van der Waals surface area contributed by atoms with Gasteiger partial charge in [-0.25, -0.2) is 5.84 Å². The normalized spacial score (nSPS) is 12.7. The molecule has 4 nitrogen and oxygen atoms in total. The molecule has 1 aromatic carbocycles. The van der Waals surface area contributed by atoms with E-state index in [1.165, 1.54) is 0 Å². The third kappa shape index (κ3) is 1.57. The van der Waals surface area contributed by atoms with Crippen LogP contribution in [0.1, 0.15) is 18.4 Å². The maximum Gasteiger partial charge on any atom is 0.241 e. The summed E-state index contributed by atoms with van der Waals surface area (Å²) in [6.07, 6.45) is 1.98. The third-order valence-electron chi connectivity index (χ3n) is 2.93. The first-order chi connectivity index (χ1) is 7.65. The Bertz CT molecular complexity index is 530. The summed E-state index contributed by atoms with van der Waals surface area (Å²) in [5.41, 5.74) is 4.31. The summed E-state index contributed by atoms with van der Waals surface area (Å²) < 4.78 is 2.02. The van der Waals surface area contributed by atoms with Gasteiger partial charge in [-0.2, -0.15) is 0 Å². The van der Waals surface area contributed by atoms with Crippen molar-refractivity contribution >= 4 is 16.8 Å². The number of aryl methyl sites for hydroxylation is 1. The molecule has 1 amide bonds. The molecule has 4 heteroatoms. The second-order valence-electron chi connectivity index (χ2n) is 3.94. The maximum absolute atomic E-state index is 11.5. The topological polar surface area (TPSA) is 60.1 Å². The highest BCUT2D eigenvalue weighted by Crippen LogP contribution is 2.26. The summed E-state index contributed by atoms with van der Waals surface area (Å²) in [7, 11) is 1.97. The molecule has 0 fully saturated rings. The van der Waals surface area contributed by atoms with Crippen molar-refractivity contribution in [1.29, 1.82) is 0 Å². The molecule has 0 aliphatic carbocycles. The summed E-state index contributed by atoms with van der Waals surface area (Å²) >= 11 is 0. The number of para-hydroxylation sites is 1. The van der Waals surface area contributed by atoms with E-state index in [9.17, 15) is 4.79 Å². The zero-order valence-electron chi connectivity index (χ0n) is 9.40. The predicted molar refractivity (Wildman–Crippen MR) is 63.7 cm³/mol. The molecule has 0 saturated carbocycles. The minimum absolute atomic E-state index is 0.170. The molecule has 0 spiro atoms. The summed E-state index contributed by atoms with van der Waals surface area (Å²) in [4.78, 5) is 11.5. The largest absolute Gasteiger partial charge is 0.350 e. The molecule has 84 valence electrons. The van der Waals surface area contributed by atoms with E-state index in [4.69, 9.17) is 5.84 Å². The van der Waals surface area contributed by atoms with Crippen molar-refractivity contribution < 1.29 is 4.79 Å². The molecule has 1 heterocycles. The Hall–Kier alpha value is -1.81. The molecule has 3 N–H and O–H groups in total. The number of rotatable bonds is 2. The maximum atomic E-state index is 11.5. The second-order valence-corrected chi connectivity index (χ2v) is 3.94. The van der Waals surface area contributed by atoms with Crippen LogP contribution in [0.25, 0.3) is 10.9 Å². The van der Waals surface area contributed by atoms with Gasteiger partial charge in [-0.1, -0.05) is 18.2 Å². The van der Waals surface area contributed by atoms with Gasteiger partial charge in [0.2, 0.25) is 5.91 Å². The van der Waals surface area contributed by atoms with Crippen LogP contribution >= 0.6 is 0 Å². The molecule has 0 radical (unpaired) electrons. The number of aromatic nitrogens is 1. The van der Waals surface area contributed by atoms with Gasteiger partial charge in [0.15, 0.2) is 0 Å². The van der Waals surface area contributed by atoms with Crippen molar-refractivity contribution in [2.24, 2.45) is 12.9 Å². The Morgan fingerprint density at radius 3 is 2.81 bits per heavy atom. The number of fused-ring (bicyclic) bond motifs is 1. The fourth-order valence-electron chi connectivity index (χ4n) is 1.98. The van der Waals surface area contributed by atoms with Gasteiger partial charge >= 0.3 is 0 Å². The molecule has 0 saturated heterocycles. The smallest absolute Gasteiger partial charge is 0.241 e. The minimum atomic E-state index is -0.240. The highest BCUT2D eigenvalue weighted by Gasteiger charge is 2.18. The summed E-state index contributed by atoms with van der Waals surface area (Å²) in [5.74, 6) is 4.75. The Balaban J connectivity index is 2.57. The van der Waals surface area contributed by atoms with Crippen molar-refractivity contribution in [2.75, 3.05) is 0 Å². The van der Waals surface area contributed by atoms with E-state index in [1.807, 2.05) is 49.0 Å². The van der Waals surface area contributed by atoms with Crippen molar-refractivity contribution in [2.45, 2.75) is 12.8 Å². The van der Waals surface area contributed by atoms with Crippen molar-refractivity contribution in [3.05, 3.63) is 36.0 Å². The number of amides is 1. The lowest BCUT2D eigenvalue weighted by atomic mass is 10.00. The van der Waals surface area contributed by atoms with Gasteiger partial charge in [0.1, 0.15) is 0 Å². The number of carbonyl (C=O) groups excluding carboxylic acids is 1. The lowest BCUT2D eigenvalue weighted by Gasteiger charge is -2.07. The summed E-state index contributed by atoms with van der Waals surface area (Å²) in [5, 5.41) is 1.10. The molecular formula is C12H15N3O. The Morgan fingerprint density at radius 1 is 1.44 bits per heavy atom. The van der Waals surface area contributed by atoms with Crippen LogP contribution in [0.5, 0.6) is 0 Å². The molecular weight excluding hydrogens is 202 g/mol. The van der Waals surface area contributed by atoms with Gasteiger partial charge in [0.25, 0.3) is 0 Å². The van der Waals surface area contributed by atoms with E-state index < -0.39 is 0 Å². The molecule has 0 aliphatic heterocycles. The fourth-order valence-corrected chi connectivity index (χ4v) is 1.98. The molecule has 16 heavy (non-hydrogen) atoms. The molecule has 0 aliphatic rings. The number of hydrogen-bond acceptors (Lipinski definition) is 2. The average Bonchev–Trinajstić information content (AvgIpc) is 2.65. The first-order valence-electron chi connectivity index (χ1n) is 5.19. The van der Waals surface area contributed by atoms with Gasteiger partial charge in [0.05, 0.1) is 5.92 Å². The van der Waals surface area contributed by atoms with Gasteiger partial charge < -0.3 is 4.57 Å². The third-order valence-corrected chi connectivity index (χ3v) is 2.93. The number of nitrogens with zero attached hydrogens (tertiary/aromatic N) is 1. The molecule has 1 aromatic heterocycles. The van der Waals surface area contributed by atoms with Crippen LogP contribution < -0.4 is 11.3 Å². The number of nitrogens with one attached hydrogen (secondary N) is 1. The van der Waals surface area contributed by atoms with Crippen LogP contribution in [0.2, 0.25) is 0 Å². The SMILES string of the molecule is CC(C(=O)NN)c1cn(C)c2ccccc12. The Morgan fingerprint density at radius 2 is 2.12 bits per heavy atom. The number of benzene rings is 1. The van der Waals surface area contributed by atoms with E-state index in [-0.39, 0.29) is 11.8 Å². The first-order valence-corrected chi connectivity index (χ1v) is 5.19. The van der Waals surface area contributed by atoms with E-state index in [2.05, 4.69) is 5.43 Å². The van der Waals surface area contributed by atoms with Gasteiger partial charge in [0, 0.05) is 24.1 Å². The number of carbonyl (C=O) groups is 1. The van der Waals surface area contributed by atoms with Crippen LogP contribution in [0.4, 0.5) is 0 Å². The van der Waals surface area contributed by atoms with Crippen molar-refractivity contribution in [3.63, 3.8) is 0 Å². The number of hydrazine groups is 1. The van der Waals surface area contributed by atoms with Crippen LogP contribution in [0.3, 0.4) is 0 Å². The highest BCUT2D eigenvalue weighted by molar-refractivity contribution is 5.91. The van der Waals surface area contributed by atoms with Crippen LogP contribution in [-0.4, -0.2) is 10.5 Å². The quantitative estimate of drug-likeness (QED) is 0.452. The van der Waals surface area contributed by atoms with E-state index in [0.29, 0.717) is 0 Å². The van der Waals surface area contributed by atoms with E-state index in [1.54, 1.807) is 0 Å².